The van der Waals surface area contributed by atoms with E-state index in [1.165, 1.54) is 17.0 Å². The molecule has 232 valence electrons. The fourth-order valence-electron chi connectivity index (χ4n) is 4.54. The number of phenolic OH excluding ortho intramolecular Hbond substituents is 1. The molecule has 2 aromatic rings. The normalized spacial score (nSPS) is 12.7. The second-order valence-electron chi connectivity index (χ2n) is 11.3. The van der Waals surface area contributed by atoms with E-state index < -0.39 is 35.6 Å². The molecule has 0 spiro atoms. The molecule has 2 aromatic carbocycles. The highest BCUT2D eigenvalue weighted by molar-refractivity contribution is 7.98. The van der Waals surface area contributed by atoms with E-state index in [2.05, 4.69) is 17.6 Å². The zero-order chi connectivity index (χ0) is 31.3. The van der Waals surface area contributed by atoms with Gasteiger partial charge in [0.05, 0.1) is 10.7 Å². The molecule has 2 atom stereocenters. The first-order valence-electron chi connectivity index (χ1n) is 14.5. The van der Waals surface area contributed by atoms with E-state index in [-0.39, 0.29) is 12.3 Å². The molecule has 0 aliphatic carbocycles. The fourth-order valence-corrected chi connectivity index (χ4v) is 5.29. The number of nitrogens with one attached hydrogen (secondary N) is 2. The van der Waals surface area contributed by atoms with Gasteiger partial charge in [-0.25, -0.2) is 4.79 Å². The lowest BCUT2D eigenvalue weighted by Crippen LogP contribution is -2.52. The second-order valence-corrected chi connectivity index (χ2v) is 12.7. The van der Waals surface area contributed by atoms with Crippen LogP contribution in [0.5, 0.6) is 5.75 Å². The molecule has 3 N–H and O–H groups in total. The van der Waals surface area contributed by atoms with Crippen molar-refractivity contribution in [2.45, 2.75) is 90.8 Å². The number of carbonyl (C=O) groups excluding carboxylic acids is 3. The van der Waals surface area contributed by atoms with Crippen LogP contribution in [0.3, 0.4) is 0 Å². The topological polar surface area (TPSA) is 108 Å². The Labute approximate surface area is 259 Å². The summed E-state index contributed by atoms with van der Waals surface area (Å²) in [6, 6.07) is 9.65. The number of thioether (sulfide) groups is 1. The number of para-hydroxylation sites is 1. The average molecular weight is 620 g/mol. The van der Waals surface area contributed by atoms with E-state index >= 15 is 0 Å². The molecule has 0 aliphatic heterocycles. The monoisotopic (exact) mass is 619 g/mol. The van der Waals surface area contributed by atoms with Crippen molar-refractivity contribution in [1.29, 1.82) is 0 Å². The summed E-state index contributed by atoms with van der Waals surface area (Å²) in [6.45, 7) is 9.52. The Morgan fingerprint density at radius 1 is 1.07 bits per heavy atom. The molecule has 0 saturated carbocycles. The van der Waals surface area contributed by atoms with Crippen LogP contribution in [0, 0.1) is 6.92 Å². The van der Waals surface area contributed by atoms with Crippen LogP contribution in [0.2, 0.25) is 5.02 Å². The van der Waals surface area contributed by atoms with Gasteiger partial charge in [-0.05, 0) is 81.9 Å². The first-order chi connectivity index (χ1) is 19.9. The smallest absolute Gasteiger partial charge is 0.408 e. The van der Waals surface area contributed by atoms with Crippen molar-refractivity contribution in [3.05, 3.63) is 58.6 Å². The van der Waals surface area contributed by atoms with Crippen molar-refractivity contribution in [3.63, 3.8) is 0 Å². The molecule has 8 nitrogen and oxygen atoms in total. The number of hydrogen-bond donors (Lipinski definition) is 3. The third-order valence-corrected chi connectivity index (χ3v) is 7.56. The molecular weight excluding hydrogens is 574 g/mol. The number of aryl methyl sites for hydroxylation is 1. The number of aromatic hydroxyl groups is 1. The number of nitrogens with zero attached hydrogens (tertiary/aromatic N) is 1. The Kier molecular flexibility index (Phi) is 14.5. The Balaban J connectivity index is 2.55. The zero-order valence-electron chi connectivity index (χ0n) is 25.7. The third-order valence-electron chi connectivity index (χ3n) is 6.60. The number of rotatable bonds is 15. The van der Waals surface area contributed by atoms with Crippen LogP contribution in [-0.4, -0.2) is 58.1 Å². The maximum atomic E-state index is 14.3. The van der Waals surface area contributed by atoms with Crippen molar-refractivity contribution >= 4 is 47.0 Å². The summed E-state index contributed by atoms with van der Waals surface area (Å²) >= 11 is 8.00. The van der Waals surface area contributed by atoms with Gasteiger partial charge in [0, 0.05) is 6.54 Å². The quantitative estimate of drug-likeness (QED) is 0.178. The predicted octanol–water partition coefficient (Wildman–Crippen LogP) is 7.48. The number of benzene rings is 2. The minimum Gasteiger partial charge on any atom is -0.508 e. The van der Waals surface area contributed by atoms with Gasteiger partial charge in [-0.1, -0.05) is 68.5 Å². The zero-order valence-corrected chi connectivity index (χ0v) is 27.2. The molecule has 0 fully saturated rings. The van der Waals surface area contributed by atoms with Crippen LogP contribution in [0.4, 0.5) is 10.5 Å². The SMILES string of the molecule is CCCCCCCN(C(=O)C(CCSC)NC(=O)OC(C)(C)C)C(C(=O)Nc1c(C)cccc1Cl)c1cccc(O)c1. The lowest BCUT2D eigenvalue weighted by Gasteiger charge is -2.35. The lowest BCUT2D eigenvalue weighted by atomic mass is 10.0. The highest BCUT2D eigenvalue weighted by atomic mass is 35.5. The molecule has 0 aliphatic rings. The summed E-state index contributed by atoms with van der Waals surface area (Å²) in [5, 5.41) is 16.4. The van der Waals surface area contributed by atoms with Crippen LogP contribution in [0.25, 0.3) is 0 Å². The number of carbonyl (C=O) groups is 3. The molecule has 0 saturated heterocycles. The number of halogens is 1. The molecule has 2 unspecified atom stereocenters. The predicted molar refractivity (Wildman–Crippen MR) is 172 cm³/mol. The van der Waals surface area contributed by atoms with Crippen LogP contribution in [0.1, 0.15) is 83.4 Å². The van der Waals surface area contributed by atoms with Gasteiger partial charge in [0.1, 0.15) is 23.4 Å². The van der Waals surface area contributed by atoms with Gasteiger partial charge in [-0.3, -0.25) is 9.59 Å². The van der Waals surface area contributed by atoms with Crippen molar-refractivity contribution < 1.29 is 24.2 Å². The van der Waals surface area contributed by atoms with E-state index in [1.807, 2.05) is 19.2 Å². The summed E-state index contributed by atoms with van der Waals surface area (Å²) in [4.78, 5) is 42.7. The standard InChI is InChI=1S/C32H46ClN3O5S/c1-7-8-9-10-11-19-36(30(39)26(18-20-42-6)34-31(40)41-32(3,4)5)28(23-15-13-16-24(37)21-23)29(38)35-27-22(2)14-12-17-25(27)33/h12-17,21,26,28,37H,7-11,18-20H2,1-6H3,(H,34,40)(H,35,38). The fraction of sp³-hybridized carbons (Fsp3) is 0.531. The molecule has 3 amide bonds. The van der Waals surface area contributed by atoms with E-state index in [9.17, 15) is 19.5 Å². The highest BCUT2D eigenvalue weighted by Crippen LogP contribution is 2.31. The number of anilines is 1. The Bertz CT molecular complexity index is 1170. The van der Waals surface area contributed by atoms with Crippen molar-refractivity contribution in [2.24, 2.45) is 0 Å². The first-order valence-corrected chi connectivity index (χ1v) is 16.3. The summed E-state index contributed by atoms with van der Waals surface area (Å²) in [7, 11) is 0. The number of amides is 3. The Morgan fingerprint density at radius 3 is 2.38 bits per heavy atom. The van der Waals surface area contributed by atoms with Gasteiger partial charge in [-0.2, -0.15) is 11.8 Å². The molecule has 0 aromatic heterocycles. The molecule has 0 radical (unpaired) electrons. The summed E-state index contributed by atoms with van der Waals surface area (Å²) in [5.74, 6) is -0.289. The summed E-state index contributed by atoms with van der Waals surface area (Å²) < 4.78 is 5.46. The van der Waals surface area contributed by atoms with Crippen LogP contribution < -0.4 is 10.6 Å². The maximum absolute atomic E-state index is 14.3. The molecular formula is C32H46ClN3O5S. The lowest BCUT2D eigenvalue weighted by molar-refractivity contribution is -0.141. The largest absolute Gasteiger partial charge is 0.508 e. The van der Waals surface area contributed by atoms with Gasteiger partial charge in [0.25, 0.3) is 5.91 Å². The van der Waals surface area contributed by atoms with Crippen molar-refractivity contribution in [1.82, 2.24) is 10.2 Å². The number of unbranched alkanes of at least 4 members (excludes halogenated alkanes) is 4. The van der Waals surface area contributed by atoms with Crippen molar-refractivity contribution in [2.75, 3.05) is 23.9 Å². The van der Waals surface area contributed by atoms with Gasteiger partial charge in [0.2, 0.25) is 5.91 Å². The second kappa shape index (κ2) is 17.3. The van der Waals surface area contributed by atoms with E-state index in [1.54, 1.807) is 56.8 Å². The molecule has 0 heterocycles. The van der Waals surface area contributed by atoms with Gasteiger partial charge in [0.15, 0.2) is 0 Å². The minimum absolute atomic E-state index is 0.0274. The first kappa shape index (κ1) is 35.3. The molecule has 0 bridgehead atoms. The molecule has 42 heavy (non-hydrogen) atoms. The van der Waals surface area contributed by atoms with Gasteiger partial charge in [-0.15, -0.1) is 0 Å². The third kappa shape index (κ3) is 11.4. The molecule has 10 heteroatoms. The average Bonchev–Trinajstić information content (AvgIpc) is 2.91. The maximum Gasteiger partial charge on any atom is 0.408 e. The number of hydrogen-bond acceptors (Lipinski definition) is 6. The highest BCUT2D eigenvalue weighted by Gasteiger charge is 2.36. The minimum atomic E-state index is -1.09. The van der Waals surface area contributed by atoms with Crippen LogP contribution in [0.15, 0.2) is 42.5 Å². The Hall–Kier alpha value is -2.91. The van der Waals surface area contributed by atoms with Crippen LogP contribution >= 0.6 is 23.4 Å². The van der Waals surface area contributed by atoms with Crippen molar-refractivity contribution in [3.8, 4) is 5.75 Å². The van der Waals surface area contributed by atoms with Crippen LogP contribution in [-0.2, 0) is 14.3 Å². The summed E-state index contributed by atoms with van der Waals surface area (Å²) in [6.07, 6.45) is 6.28. The van der Waals surface area contributed by atoms with E-state index in [0.717, 1.165) is 31.2 Å². The van der Waals surface area contributed by atoms with Gasteiger partial charge >= 0.3 is 6.09 Å². The molecule has 2 rings (SSSR count). The Morgan fingerprint density at radius 2 is 1.76 bits per heavy atom. The van der Waals surface area contributed by atoms with E-state index in [0.29, 0.717) is 34.9 Å². The van der Waals surface area contributed by atoms with E-state index in [4.69, 9.17) is 16.3 Å². The number of phenols is 1. The number of ether oxygens (including phenoxy) is 1. The van der Waals surface area contributed by atoms with Gasteiger partial charge < -0.3 is 25.4 Å². The number of alkyl carbamates (subject to hydrolysis) is 1. The summed E-state index contributed by atoms with van der Waals surface area (Å²) in [5.41, 5.74) is 0.926.